The summed E-state index contributed by atoms with van der Waals surface area (Å²) in [6, 6.07) is 7.85. The molecule has 5 rings (SSSR count). The predicted octanol–water partition coefficient (Wildman–Crippen LogP) is 4.47. The minimum absolute atomic E-state index is 0.842. The van der Waals surface area contributed by atoms with E-state index in [-0.39, 0.29) is 0 Å². The van der Waals surface area contributed by atoms with E-state index in [1.165, 1.54) is 11.3 Å². The molecule has 3 aromatic heterocycles. The van der Waals surface area contributed by atoms with Crippen molar-refractivity contribution >= 4 is 60.8 Å². The zero-order valence-corrected chi connectivity index (χ0v) is 14.8. The number of rotatable bonds is 2. The molecule has 0 fully saturated rings. The summed E-state index contributed by atoms with van der Waals surface area (Å²) < 4.78 is 12.4. The molecule has 0 aliphatic carbocycles. The van der Waals surface area contributed by atoms with E-state index in [1.807, 2.05) is 37.3 Å². The van der Waals surface area contributed by atoms with Crippen LogP contribution in [0.25, 0.3) is 27.3 Å². The maximum atomic E-state index is 12.4. The Bertz CT molecular complexity index is 1210. The van der Waals surface area contributed by atoms with E-state index in [9.17, 15) is 4.21 Å². The fraction of sp³-hybridized carbons (Fsp3) is 0.0556. The van der Waals surface area contributed by atoms with Crippen LogP contribution in [0.2, 0.25) is 0 Å². The molecule has 1 atom stereocenters. The van der Waals surface area contributed by atoms with Crippen LogP contribution in [0.1, 0.15) is 12.5 Å². The van der Waals surface area contributed by atoms with E-state index in [0.29, 0.717) is 0 Å². The molecular weight excluding hydrogens is 352 g/mol. The fourth-order valence-corrected chi connectivity index (χ4v) is 4.75. The fourth-order valence-electron chi connectivity index (χ4n) is 3.00. The van der Waals surface area contributed by atoms with Gasteiger partial charge >= 0.3 is 0 Å². The van der Waals surface area contributed by atoms with Crippen molar-refractivity contribution in [3.05, 3.63) is 52.6 Å². The van der Waals surface area contributed by atoms with Gasteiger partial charge in [0.25, 0.3) is 0 Å². The first-order valence-electron chi connectivity index (χ1n) is 7.68. The van der Waals surface area contributed by atoms with E-state index in [1.54, 1.807) is 17.9 Å². The lowest BCUT2D eigenvalue weighted by molar-refractivity contribution is 0.687. The second-order valence-corrected chi connectivity index (χ2v) is 8.27. The normalized spacial score (nSPS) is 16.2. The Hall–Kier alpha value is -2.64. The number of hydrogen-bond donors (Lipinski definition) is 1. The number of thiazole rings is 1. The number of nitrogens with one attached hydrogen (secondary N) is 1. The predicted molar refractivity (Wildman–Crippen MR) is 103 cm³/mol. The first-order valence-corrected chi connectivity index (χ1v) is 9.71. The lowest BCUT2D eigenvalue weighted by Gasteiger charge is -2.10. The summed E-state index contributed by atoms with van der Waals surface area (Å²) in [5.74, 6) is 0. The molecule has 0 radical (unpaired) electrons. The minimum atomic E-state index is -1.08. The third-order valence-corrected chi connectivity index (χ3v) is 6.40. The molecule has 122 valence electrons. The Balaban J connectivity index is 1.63. The molecule has 0 amide bonds. The van der Waals surface area contributed by atoms with E-state index in [4.69, 9.17) is 0 Å². The van der Waals surface area contributed by atoms with E-state index in [0.717, 1.165) is 48.0 Å². The van der Waals surface area contributed by atoms with Gasteiger partial charge in [-0.15, -0.1) is 11.3 Å². The third kappa shape index (κ3) is 2.35. The molecular formula is C18H12N4OS2. The van der Waals surface area contributed by atoms with Gasteiger partial charge in [-0.1, -0.05) is 0 Å². The van der Waals surface area contributed by atoms with E-state index < -0.39 is 10.8 Å². The van der Waals surface area contributed by atoms with Gasteiger partial charge in [0.05, 0.1) is 38.6 Å². The van der Waals surface area contributed by atoms with Crippen molar-refractivity contribution in [1.29, 1.82) is 0 Å². The standard InChI is InChI=1S/C18H12N4OS2/c1-10-4-11-5-15-13(7-17(11)25(10)23)14(2-3-19-15)22-12-6-16-18(20-8-12)24-9-21-16/h2-9H,1H3,(H,19,22). The summed E-state index contributed by atoms with van der Waals surface area (Å²) in [5.41, 5.74) is 6.28. The second-order valence-electron chi connectivity index (χ2n) is 5.82. The number of nitrogens with zero attached hydrogens (tertiary/aromatic N) is 3. The molecule has 7 heteroatoms. The van der Waals surface area contributed by atoms with Gasteiger partial charge in [-0.3, -0.25) is 4.98 Å². The molecule has 1 N–H and O–H groups in total. The maximum absolute atomic E-state index is 12.4. The topological polar surface area (TPSA) is 67.8 Å². The molecule has 4 aromatic rings. The number of pyridine rings is 2. The Morgan fingerprint density at radius 1 is 1.12 bits per heavy atom. The lowest BCUT2D eigenvalue weighted by Crippen LogP contribution is -1.95. The average molecular weight is 364 g/mol. The van der Waals surface area contributed by atoms with Crippen molar-refractivity contribution in [2.45, 2.75) is 11.8 Å². The van der Waals surface area contributed by atoms with Crippen LogP contribution >= 0.6 is 11.3 Å². The number of anilines is 2. The monoisotopic (exact) mass is 364 g/mol. The van der Waals surface area contributed by atoms with Crippen LogP contribution in [0.3, 0.4) is 0 Å². The molecule has 0 saturated heterocycles. The van der Waals surface area contributed by atoms with Gasteiger partial charge in [0, 0.05) is 22.2 Å². The smallest absolute Gasteiger partial charge is 0.143 e. The van der Waals surface area contributed by atoms with Crippen LogP contribution < -0.4 is 5.32 Å². The lowest BCUT2D eigenvalue weighted by atomic mass is 10.1. The largest absolute Gasteiger partial charge is 0.354 e. The van der Waals surface area contributed by atoms with Crippen LogP contribution in [-0.2, 0) is 10.8 Å². The van der Waals surface area contributed by atoms with Gasteiger partial charge in [-0.25, -0.2) is 14.2 Å². The van der Waals surface area contributed by atoms with Crippen molar-refractivity contribution in [3.8, 4) is 0 Å². The van der Waals surface area contributed by atoms with Crippen LogP contribution in [0.4, 0.5) is 11.4 Å². The van der Waals surface area contributed by atoms with Crippen LogP contribution in [-0.4, -0.2) is 19.2 Å². The highest BCUT2D eigenvalue weighted by Crippen LogP contribution is 2.35. The van der Waals surface area contributed by atoms with Gasteiger partial charge in [-0.2, -0.15) is 0 Å². The van der Waals surface area contributed by atoms with Crippen molar-refractivity contribution in [1.82, 2.24) is 15.0 Å². The Kier molecular flexibility index (Phi) is 3.19. The summed E-state index contributed by atoms with van der Waals surface area (Å²) in [4.78, 5) is 15.8. The summed E-state index contributed by atoms with van der Waals surface area (Å²) in [5, 5.41) is 4.33. The molecule has 1 aromatic carbocycles. The molecule has 0 bridgehead atoms. The number of benzene rings is 1. The Labute approximate surface area is 149 Å². The SMILES string of the molecule is CC1=Cc2cc3nccc(Nc4cnc5scnc5c4)c3cc2S1=O. The highest BCUT2D eigenvalue weighted by molar-refractivity contribution is 7.89. The van der Waals surface area contributed by atoms with Crippen LogP contribution in [0.15, 0.2) is 52.0 Å². The van der Waals surface area contributed by atoms with Crippen molar-refractivity contribution in [2.24, 2.45) is 0 Å². The van der Waals surface area contributed by atoms with Gasteiger partial charge in [-0.05, 0) is 42.8 Å². The summed E-state index contributed by atoms with van der Waals surface area (Å²) in [7, 11) is -1.08. The molecule has 1 unspecified atom stereocenters. The first kappa shape index (κ1) is 14.7. The second kappa shape index (κ2) is 5.44. The molecule has 4 heterocycles. The van der Waals surface area contributed by atoms with Crippen molar-refractivity contribution in [2.75, 3.05) is 5.32 Å². The molecule has 0 saturated carbocycles. The summed E-state index contributed by atoms with van der Waals surface area (Å²) in [6.45, 7) is 1.89. The van der Waals surface area contributed by atoms with E-state index in [2.05, 4.69) is 20.3 Å². The third-order valence-electron chi connectivity index (χ3n) is 4.19. The Morgan fingerprint density at radius 3 is 2.96 bits per heavy atom. The van der Waals surface area contributed by atoms with Gasteiger partial charge in [0.2, 0.25) is 0 Å². The minimum Gasteiger partial charge on any atom is -0.354 e. The van der Waals surface area contributed by atoms with Crippen molar-refractivity contribution < 1.29 is 4.21 Å². The zero-order valence-electron chi connectivity index (χ0n) is 13.2. The average Bonchev–Trinajstić information content (AvgIpc) is 3.18. The summed E-state index contributed by atoms with van der Waals surface area (Å²) >= 11 is 1.52. The highest BCUT2D eigenvalue weighted by Gasteiger charge is 2.19. The van der Waals surface area contributed by atoms with Gasteiger partial charge < -0.3 is 5.32 Å². The number of fused-ring (bicyclic) bond motifs is 3. The zero-order chi connectivity index (χ0) is 17.0. The van der Waals surface area contributed by atoms with Crippen LogP contribution in [0.5, 0.6) is 0 Å². The quantitative estimate of drug-likeness (QED) is 0.568. The van der Waals surface area contributed by atoms with E-state index >= 15 is 0 Å². The van der Waals surface area contributed by atoms with Gasteiger partial charge in [0.15, 0.2) is 0 Å². The van der Waals surface area contributed by atoms with Crippen molar-refractivity contribution in [3.63, 3.8) is 0 Å². The first-order chi connectivity index (χ1) is 12.2. The molecule has 1 aliphatic heterocycles. The number of hydrogen-bond acceptors (Lipinski definition) is 6. The van der Waals surface area contributed by atoms with Crippen LogP contribution in [0, 0.1) is 0 Å². The summed E-state index contributed by atoms with van der Waals surface area (Å²) in [6.07, 6.45) is 5.53. The van der Waals surface area contributed by atoms with Gasteiger partial charge in [0.1, 0.15) is 10.3 Å². The number of allylic oxidation sites excluding steroid dienone is 1. The maximum Gasteiger partial charge on any atom is 0.143 e. The Morgan fingerprint density at radius 2 is 2.04 bits per heavy atom. The highest BCUT2D eigenvalue weighted by atomic mass is 32.2. The molecule has 1 aliphatic rings. The molecule has 0 spiro atoms. The molecule has 5 nitrogen and oxygen atoms in total. The number of aromatic nitrogens is 3. The molecule has 25 heavy (non-hydrogen) atoms.